The minimum atomic E-state index is -0.177. The molecule has 0 saturated carbocycles. The fraction of sp³-hybridized carbons (Fsp3) is 0.375. The smallest absolute Gasteiger partial charge is 0.220 e. The van der Waals surface area contributed by atoms with Gasteiger partial charge in [-0.25, -0.2) is 0 Å². The number of aryl methyl sites for hydroxylation is 2. The molecule has 6 heteroatoms. The van der Waals surface area contributed by atoms with Crippen molar-refractivity contribution in [1.82, 2.24) is 15.1 Å². The molecule has 0 aliphatic heterocycles. The molecule has 1 heterocycles. The van der Waals surface area contributed by atoms with Gasteiger partial charge in [-0.1, -0.05) is 23.7 Å². The lowest BCUT2D eigenvalue weighted by Crippen LogP contribution is -2.31. The highest BCUT2D eigenvalue weighted by molar-refractivity contribution is 6.30. The van der Waals surface area contributed by atoms with Crippen LogP contribution in [0.1, 0.15) is 23.6 Å². The van der Waals surface area contributed by atoms with Crippen molar-refractivity contribution in [2.45, 2.75) is 18.9 Å². The van der Waals surface area contributed by atoms with Gasteiger partial charge in [0, 0.05) is 31.8 Å². The molecule has 0 fully saturated rings. The van der Waals surface area contributed by atoms with E-state index < -0.39 is 0 Å². The standard InChI is InChI=1S/C16H20ClN3O2/c1-20-10-12(9-18-20)3-8-16(21)19-15(11-22-2)13-4-6-14(17)7-5-13/h4-7,9-10,15H,3,8,11H2,1-2H3,(H,19,21). The molecule has 1 atom stereocenters. The van der Waals surface area contributed by atoms with Gasteiger partial charge in [-0.2, -0.15) is 5.10 Å². The Kier molecular flexibility index (Phi) is 5.98. The molecule has 1 N–H and O–H groups in total. The number of rotatable bonds is 7. The molecule has 5 nitrogen and oxygen atoms in total. The molecule has 2 aromatic rings. The van der Waals surface area contributed by atoms with E-state index in [0.717, 1.165) is 11.1 Å². The summed E-state index contributed by atoms with van der Waals surface area (Å²) in [5.74, 6) is -0.0131. The number of nitrogens with one attached hydrogen (secondary N) is 1. The van der Waals surface area contributed by atoms with E-state index in [0.29, 0.717) is 24.5 Å². The lowest BCUT2D eigenvalue weighted by atomic mass is 10.1. The lowest BCUT2D eigenvalue weighted by Gasteiger charge is -2.18. The van der Waals surface area contributed by atoms with E-state index in [1.165, 1.54) is 0 Å². The number of hydrogen-bond donors (Lipinski definition) is 1. The molecule has 118 valence electrons. The van der Waals surface area contributed by atoms with Crippen LogP contribution in [0.2, 0.25) is 5.02 Å². The molecule has 0 aliphatic rings. The molecule has 2 rings (SSSR count). The molecular formula is C16H20ClN3O2. The Morgan fingerprint density at radius 3 is 2.73 bits per heavy atom. The number of nitrogens with zero attached hydrogens (tertiary/aromatic N) is 2. The predicted molar refractivity (Wildman–Crippen MR) is 85.7 cm³/mol. The van der Waals surface area contributed by atoms with E-state index in [9.17, 15) is 4.79 Å². The number of methoxy groups -OCH3 is 1. The van der Waals surface area contributed by atoms with Crippen LogP contribution in [0.3, 0.4) is 0 Å². The summed E-state index contributed by atoms with van der Waals surface area (Å²) >= 11 is 5.89. The van der Waals surface area contributed by atoms with E-state index in [1.54, 1.807) is 30.1 Å². The first-order valence-corrected chi connectivity index (χ1v) is 7.47. The first kappa shape index (κ1) is 16.5. The zero-order valence-electron chi connectivity index (χ0n) is 12.8. The van der Waals surface area contributed by atoms with Crippen LogP contribution in [0.25, 0.3) is 0 Å². The van der Waals surface area contributed by atoms with Crippen molar-refractivity contribution < 1.29 is 9.53 Å². The van der Waals surface area contributed by atoms with E-state index in [4.69, 9.17) is 16.3 Å². The van der Waals surface area contributed by atoms with E-state index in [1.807, 2.05) is 25.4 Å². The number of carbonyl (C=O) groups is 1. The highest BCUT2D eigenvalue weighted by Gasteiger charge is 2.14. The van der Waals surface area contributed by atoms with Crippen LogP contribution in [0.4, 0.5) is 0 Å². The van der Waals surface area contributed by atoms with Crippen molar-refractivity contribution >= 4 is 17.5 Å². The average Bonchev–Trinajstić information content (AvgIpc) is 2.91. The monoisotopic (exact) mass is 321 g/mol. The fourth-order valence-corrected chi connectivity index (χ4v) is 2.33. The largest absolute Gasteiger partial charge is 0.382 e. The van der Waals surface area contributed by atoms with Crippen molar-refractivity contribution in [3.05, 3.63) is 52.8 Å². The van der Waals surface area contributed by atoms with Crippen molar-refractivity contribution in [1.29, 1.82) is 0 Å². The normalized spacial score (nSPS) is 12.1. The predicted octanol–water partition coefficient (Wildman–Crippen LogP) is 2.51. The van der Waals surface area contributed by atoms with Gasteiger partial charge in [0.05, 0.1) is 18.8 Å². The maximum Gasteiger partial charge on any atom is 0.220 e. The van der Waals surface area contributed by atoms with Crippen molar-refractivity contribution in [3.63, 3.8) is 0 Å². The van der Waals surface area contributed by atoms with Crippen molar-refractivity contribution in [2.75, 3.05) is 13.7 Å². The average molecular weight is 322 g/mol. The number of benzene rings is 1. The summed E-state index contributed by atoms with van der Waals surface area (Å²) < 4.78 is 6.93. The summed E-state index contributed by atoms with van der Waals surface area (Å²) in [6.07, 6.45) is 4.78. The molecular weight excluding hydrogens is 302 g/mol. The Morgan fingerprint density at radius 1 is 1.41 bits per heavy atom. The second kappa shape index (κ2) is 7.96. The molecule has 1 unspecified atom stereocenters. The summed E-state index contributed by atoms with van der Waals surface area (Å²) in [6, 6.07) is 7.23. The Labute approximate surface area is 135 Å². The third kappa shape index (κ3) is 4.86. The summed E-state index contributed by atoms with van der Waals surface area (Å²) in [7, 11) is 3.48. The molecule has 1 aromatic heterocycles. The number of amides is 1. The van der Waals surface area contributed by atoms with Crippen molar-refractivity contribution in [2.24, 2.45) is 7.05 Å². The van der Waals surface area contributed by atoms with Crippen LogP contribution in [0.15, 0.2) is 36.7 Å². The van der Waals surface area contributed by atoms with Crippen LogP contribution >= 0.6 is 11.6 Å². The minimum absolute atomic E-state index is 0.0131. The number of ether oxygens (including phenoxy) is 1. The zero-order valence-corrected chi connectivity index (χ0v) is 13.5. The molecule has 0 saturated heterocycles. The Bertz CT molecular complexity index is 610. The van der Waals surface area contributed by atoms with Crippen LogP contribution in [-0.4, -0.2) is 29.4 Å². The maximum absolute atomic E-state index is 12.1. The summed E-state index contributed by atoms with van der Waals surface area (Å²) in [5, 5.41) is 7.76. The van der Waals surface area contributed by atoms with Crippen LogP contribution in [0, 0.1) is 0 Å². The highest BCUT2D eigenvalue weighted by Crippen LogP contribution is 2.17. The summed E-state index contributed by atoms with van der Waals surface area (Å²) in [5.41, 5.74) is 2.02. The quantitative estimate of drug-likeness (QED) is 0.852. The van der Waals surface area contributed by atoms with Gasteiger partial charge in [0.1, 0.15) is 0 Å². The lowest BCUT2D eigenvalue weighted by molar-refractivity contribution is -0.122. The third-order valence-electron chi connectivity index (χ3n) is 3.34. The summed E-state index contributed by atoms with van der Waals surface area (Å²) in [6.45, 7) is 0.417. The van der Waals surface area contributed by atoms with E-state index >= 15 is 0 Å². The van der Waals surface area contributed by atoms with E-state index in [2.05, 4.69) is 10.4 Å². The molecule has 22 heavy (non-hydrogen) atoms. The van der Waals surface area contributed by atoms with Gasteiger partial charge in [-0.15, -0.1) is 0 Å². The van der Waals surface area contributed by atoms with Gasteiger partial charge in [0.2, 0.25) is 5.91 Å². The first-order chi connectivity index (χ1) is 10.6. The number of aromatic nitrogens is 2. The second-order valence-electron chi connectivity index (χ2n) is 5.15. The van der Waals surface area contributed by atoms with E-state index in [-0.39, 0.29) is 11.9 Å². The molecule has 1 aromatic carbocycles. The minimum Gasteiger partial charge on any atom is -0.382 e. The van der Waals surface area contributed by atoms with Gasteiger partial charge in [-0.05, 0) is 29.7 Å². The Balaban J connectivity index is 1.92. The van der Waals surface area contributed by atoms with Gasteiger partial charge < -0.3 is 10.1 Å². The summed E-state index contributed by atoms with van der Waals surface area (Å²) in [4.78, 5) is 12.1. The topological polar surface area (TPSA) is 56.1 Å². The Hall–Kier alpha value is -1.85. The highest BCUT2D eigenvalue weighted by atomic mass is 35.5. The van der Waals surface area contributed by atoms with Gasteiger partial charge >= 0.3 is 0 Å². The molecule has 0 spiro atoms. The van der Waals surface area contributed by atoms with Crippen LogP contribution < -0.4 is 5.32 Å². The van der Waals surface area contributed by atoms with Gasteiger partial charge in [0.15, 0.2) is 0 Å². The van der Waals surface area contributed by atoms with Gasteiger partial charge in [0.25, 0.3) is 0 Å². The maximum atomic E-state index is 12.1. The van der Waals surface area contributed by atoms with Crippen molar-refractivity contribution in [3.8, 4) is 0 Å². The molecule has 0 radical (unpaired) electrons. The molecule has 0 aliphatic carbocycles. The first-order valence-electron chi connectivity index (χ1n) is 7.10. The van der Waals surface area contributed by atoms with Crippen LogP contribution in [0.5, 0.6) is 0 Å². The number of carbonyl (C=O) groups excluding carboxylic acids is 1. The Morgan fingerprint density at radius 2 is 2.14 bits per heavy atom. The second-order valence-corrected chi connectivity index (χ2v) is 5.59. The number of halogens is 1. The fourth-order valence-electron chi connectivity index (χ4n) is 2.21. The number of hydrogen-bond acceptors (Lipinski definition) is 3. The SMILES string of the molecule is COCC(NC(=O)CCc1cnn(C)c1)c1ccc(Cl)cc1. The molecule has 0 bridgehead atoms. The van der Waals surface area contributed by atoms with Gasteiger partial charge in [-0.3, -0.25) is 9.48 Å². The zero-order chi connectivity index (χ0) is 15.9. The third-order valence-corrected chi connectivity index (χ3v) is 3.59. The van der Waals surface area contributed by atoms with Crippen LogP contribution in [-0.2, 0) is 23.0 Å². The molecule has 1 amide bonds.